The van der Waals surface area contributed by atoms with Crippen molar-refractivity contribution in [2.45, 2.75) is 43.6 Å². The third-order valence-corrected chi connectivity index (χ3v) is 4.34. The van der Waals surface area contributed by atoms with Gasteiger partial charge >= 0.3 is 0 Å². The second-order valence-electron chi connectivity index (χ2n) is 5.84. The first kappa shape index (κ1) is 13.0. The van der Waals surface area contributed by atoms with Gasteiger partial charge in [0.2, 0.25) is 5.91 Å². The summed E-state index contributed by atoms with van der Waals surface area (Å²) in [6.07, 6.45) is 4.39. The van der Waals surface area contributed by atoms with Crippen LogP contribution in [-0.4, -0.2) is 23.4 Å². The summed E-state index contributed by atoms with van der Waals surface area (Å²) in [5, 5.41) is 8.76. The van der Waals surface area contributed by atoms with Gasteiger partial charge in [-0.25, -0.2) is 0 Å². The zero-order chi connectivity index (χ0) is 14.2. The van der Waals surface area contributed by atoms with Gasteiger partial charge in [0.1, 0.15) is 0 Å². The van der Waals surface area contributed by atoms with E-state index in [4.69, 9.17) is 11.0 Å². The molecule has 4 nitrogen and oxygen atoms in total. The highest BCUT2D eigenvalue weighted by Crippen LogP contribution is 2.51. The highest BCUT2D eigenvalue weighted by atomic mass is 16.2. The zero-order valence-electron chi connectivity index (χ0n) is 11.5. The lowest BCUT2D eigenvalue weighted by atomic mass is 9.94. The monoisotopic (exact) mass is 269 g/mol. The summed E-state index contributed by atoms with van der Waals surface area (Å²) in [6, 6.07) is 10.2. The molecule has 2 N–H and O–H groups in total. The normalized spacial score (nSPS) is 19.1. The molecule has 2 fully saturated rings. The fraction of sp³-hybridized carbons (Fsp3) is 0.500. The van der Waals surface area contributed by atoms with Gasteiger partial charge < -0.3 is 10.6 Å². The molecule has 20 heavy (non-hydrogen) atoms. The Morgan fingerprint density at radius 3 is 2.50 bits per heavy atom. The predicted molar refractivity (Wildman–Crippen MR) is 76.7 cm³/mol. The maximum atomic E-state index is 12.9. The fourth-order valence-electron chi connectivity index (χ4n) is 2.83. The smallest absolute Gasteiger partial charge is 0.233 e. The number of carbonyl (C=O) groups excluding carboxylic acids is 1. The van der Waals surface area contributed by atoms with Crippen molar-refractivity contribution in [2.24, 2.45) is 0 Å². The van der Waals surface area contributed by atoms with Crippen LogP contribution in [0.5, 0.6) is 0 Å². The van der Waals surface area contributed by atoms with Gasteiger partial charge in [-0.3, -0.25) is 4.79 Å². The lowest BCUT2D eigenvalue weighted by molar-refractivity contribution is -0.134. The van der Waals surface area contributed by atoms with Crippen LogP contribution in [0.4, 0.5) is 5.69 Å². The lowest BCUT2D eigenvalue weighted by Crippen LogP contribution is -2.41. The summed E-state index contributed by atoms with van der Waals surface area (Å²) in [7, 11) is 0. The van der Waals surface area contributed by atoms with Crippen molar-refractivity contribution in [1.82, 2.24) is 4.90 Å². The molecule has 1 amide bonds. The Kier molecular flexibility index (Phi) is 3.13. The summed E-state index contributed by atoms with van der Waals surface area (Å²) in [6.45, 7) is 0.566. The molecule has 0 spiro atoms. The number of rotatable bonds is 5. The number of hydrogen-bond donors (Lipinski definition) is 1. The lowest BCUT2D eigenvalue weighted by Gasteiger charge is -2.27. The number of nitrogens with two attached hydrogens (primary N) is 1. The minimum Gasteiger partial charge on any atom is -0.399 e. The van der Waals surface area contributed by atoms with Crippen LogP contribution in [0.1, 0.15) is 37.7 Å². The summed E-state index contributed by atoms with van der Waals surface area (Å²) in [5.74, 6) is 0.208. The number of carbonyl (C=O) groups is 1. The van der Waals surface area contributed by atoms with Crippen LogP contribution in [0, 0.1) is 11.3 Å². The van der Waals surface area contributed by atoms with Crippen LogP contribution in [-0.2, 0) is 10.2 Å². The maximum Gasteiger partial charge on any atom is 0.233 e. The summed E-state index contributed by atoms with van der Waals surface area (Å²) in [4.78, 5) is 14.8. The second-order valence-corrected chi connectivity index (χ2v) is 5.84. The summed E-state index contributed by atoms with van der Waals surface area (Å²) < 4.78 is 0. The molecule has 1 aromatic carbocycles. The van der Waals surface area contributed by atoms with E-state index in [1.165, 1.54) is 0 Å². The number of amides is 1. The van der Waals surface area contributed by atoms with Gasteiger partial charge in [-0.05, 0) is 43.4 Å². The Hall–Kier alpha value is -2.02. The minimum atomic E-state index is -0.342. The average molecular weight is 269 g/mol. The molecule has 0 aromatic heterocycles. The predicted octanol–water partition coefficient (Wildman–Crippen LogP) is 2.21. The molecule has 0 saturated heterocycles. The molecule has 0 heterocycles. The van der Waals surface area contributed by atoms with Crippen LogP contribution < -0.4 is 5.73 Å². The number of benzene rings is 1. The zero-order valence-corrected chi connectivity index (χ0v) is 11.5. The Labute approximate surface area is 119 Å². The van der Waals surface area contributed by atoms with Gasteiger partial charge in [0, 0.05) is 18.3 Å². The molecule has 1 aromatic rings. The van der Waals surface area contributed by atoms with Crippen LogP contribution >= 0.6 is 0 Å². The standard InChI is InChI=1S/C16H19N3O/c17-10-1-11-19(14-6-7-14)15(20)16(8-9-16)12-2-4-13(18)5-3-12/h2-5,14H,1,6-9,11,18H2. The Bertz CT molecular complexity index is 550. The number of hydrogen-bond acceptors (Lipinski definition) is 3. The van der Waals surface area contributed by atoms with E-state index in [9.17, 15) is 4.79 Å². The van der Waals surface area contributed by atoms with Gasteiger partial charge in [-0.15, -0.1) is 0 Å². The van der Waals surface area contributed by atoms with E-state index in [0.717, 1.165) is 36.9 Å². The third-order valence-electron chi connectivity index (χ3n) is 4.34. The van der Waals surface area contributed by atoms with Crippen LogP contribution in [0.2, 0.25) is 0 Å². The highest BCUT2D eigenvalue weighted by molar-refractivity contribution is 5.91. The molecule has 0 atom stereocenters. The van der Waals surface area contributed by atoms with E-state index in [1.54, 1.807) is 0 Å². The van der Waals surface area contributed by atoms with E-state index in [2.05, 4.69) is 6.07 Å². The molecule has 0 radical (unpaired) electrons. The third kappa shape index (κ3) is 2.24. The van der Waals surface area contributed by atoms with Gasteiger partial charge in [0.15, 0.2) is 0 Å². The Morgan fingerprint density at radius 1 is 1.35 bits per heavy atom. The quantitative estimate of drug-likeness (QED) is 0.833. The molecule has 2 aliphatic rings. The largest absolute Gasteiger partial charge is 0.399 e. The van der Waals surface area contributed by atoms with Crippen molar-refractivity contribution in [1.29, 1.82) is 5.26 Å². The van der Waals surface area contributed by atoms with Crippen molar-refractivity contribution >= 4 is 11.6 Å². The van der Waals surface area contributed by atoms with E-state index >= 15 is 0 Å². The second kappa shape index (κ2) is 4.82. The fourth-order valence-corrected chi connectivity index (χ4v) is 2.83. The molecule has 4 heteroatoms. The van der Waals surface area contributed by atoms with Gasteiger partial charge in [0.05, 0.1) is 17.9 Å². The van der Waals surface area contributed by atoms with Gasteiger partial charge in [-0.1, -0.05) is 12.1 Å². The number of nitriles is 1. The summed E-state index contributed by atoms with van der Waals surface area (Å²) in [5.41, 5.74) is 7.17. The van der Waals surface area contributed by atoms with Crippen molar-refractivity contribution in [2.75, 3.05) is 12.3 Å². The number of nitrogens with zero attached hydrogens (tertiary/aromatic N) is 2. The molecular weight excluding hydrogens is 250 g/mol. The molecular formula is C16H19N3O. The van der Waals surface area contributed by atoms with E-state index in [-0.39, 0.29) is 11.3 Å². The van der Waals surface area contributed by atoms with Crippen LogP contribution in [0.3, 0.4) is 0 Å². The molecule has 0 aliphatic heterocycles. The SMILES string of the molecule is N#CCCN(C(=O)C1(c2ccc(N)cc2)CC1)C1CC1. The Morgan fingerprint density at radius 2 is 2.00 bits per heavy atom. The molecule has 2 aliphatic carbocycles. The first-order valence-corrected chi connectivity index (χ1v) is 7.21. The van der Waals surface area contributed by atoms with Crippen molar-refractivity contribution < 1.29 is 4.79 Å². The van der Waals surface area contributed by atoms with Crippen molar-refractivity contribution in [3.8, 4) is 6.07 Å². The van der Waals surface area contributed by atoms with Crippen molar-refractivity contribution in [3.63, 3.8) is 0 Å². The Balaban J connectivity index is 1.81. The van der Waals surface area contributed by atoms with Gasteiger partial charge in [-0.2, -0.15) is 5.26 Å². The first-order chi connectivity index (χ1) is 9.67. The molecule has 104 valence electrons. The minimum absolute atomic E-state index is 0.208. The van der Waals surface area contributed by atoms with Crippen LogP contribution in [0.15, 0.2) is 24.3 Å². The molecule has 3 rings (SSSR count). The molecule has 2 saturated carbocycles. The van der Waals surface area contributed by atoms with Crippen LogP contribution in [0.25, 0.3) is 0 Å². The summed E-state index contributed by atoms with van der Waals surface area (Å²) >= 11 is 0. The highest BCUT2D eigenvalue weighted by Gasteiger charge is 2.54. The van der Waals surface area contributed by atoms with E-state index in [0.29, 0.717) is 19.0 Å². The maximum absolute atomic E-state index is 12.9. The first-order valence-electron chi connectivity index (χ1n) is 7.21. The average Bonchev–Trinajstić information content (AvgIpc) is 3.33. The van der Waals surface area contributed by atoms with Crippen molar-refractivity contribution in [3.05, 3.63) is 29.8 Å². The number of nitrogen functional groups attached to an aromatic ring is 1. The van der Waals surface area contributed by atoms with E-state index < -0.39 is 0 Å². The topological polar surface area (TPSA) is 70.1 Å². The number of anilines is 1. The van der Waals surface area contributed by atoms with Gasteiger partial charge in [0.25, 0.3) is 0 Å². The van der Waals surface area contributed by atoms with E-state index in [1.807, 2.05) is 29.2 Å². The molecule has 0 bridgehead atoms. The molecule has 0 unspecified atom stereocenters.